The van der Waals surface area contributed by atoms with Gasteiger partial charge in [0.15, 0.2) is 0 Å². The highest BCUT2D eigenvalue weighted by Gasteiger charge is 2.32. The number of fused-ring (bicyclic) bond motifs is 1. The number of anilines is 1. The first kappa shape index (κ1) is 24.4. The van der Waals surface area contributed by atoms with E-state index in [0.717, 1.165) is 11.3 Å². The summed E-state index contributed by atoms with van der Waals surface area (Å²) in [6.07, 6.45) is -5.39. The second-order valence-electron chi connectivity index (χ2n) is 8.49. The van der Waals surface area contributed by atoms with Gasteiger partial charge in [0.1, 0.15) is 18.4 Å². The summed E-state index contributed by atoms with van der Waals surface area (Å²) in [6.45, 7) is 2.06. The molecule has 0 aliphatic carbocycles. The third-order valence-electron chi connectivity index (χ3n) is 5.69. The molecule has 3 atom stereocenters. The van der Waals surface area contributed by atoms with Gasteiger partial charge < -0.3 is 20.6 Å². The lowest BCUT2D eigenvalue weighted by atomic mass is 9.97. The van der Waals surface area contributed by atoms with Crippen molar-refractivity contribution in [3.63, 3.8) is 0 Å². The average molecular weight is 496 g/mol. The van der Waals surface area contributed by atoms with Gasteiger partial charge in [0.05, 0.1) is 33.9 Å². The molecule has 34 heavy (non-hydrogen) atoms. The molecule has 3 aromatic rings. The topological polar surface area (TPSA) is 65.9 Å². The minimum absolute atomic E-state index is 0.0830. The smallest absolute Gasteiger partial charge is 0.392 e. The van der Waals surface area contributed by atoms with Gasteiger partial charge in [-0.3, -0.25) is 0 Å². The van der Waals surface area contributed by atoms with Crippen molar-refractivity contribution in [1.82, 2.24) is 5.32 Å². The molecular weight excluding hydrogens is 470 g/mol. The van der Waals surface area contributed by atoms with E-state index >= 15 is 0 Å². The highest BCUT2D eigenvalue weighted by molar-refractivity contribution is 7.21. The predicted octanol–water partition coefficient (Wildman–Crippen LogP) is 4.99. The number of thiophene rings is 1. The third-order valence-corrected chi connectivity index (χ3v) is 6.91. The maximum Gasteiger partial charge on any atom is 0.393 e. The van der Waals surface area contributed by atoms with Gasteiger partial charge in [-0.25, -0.2) is 4.39 Å². The highest BCUT2D eigenvalue weighted by atomic mass is 32.1. The van der Waals surface area contributed by atoms with Crippen LogP contribution >= 0.6 is 11.3 Å². The molecule has 3 N–H and O–H groups in total. The standard InChI is InChI=1S/C24H25F4N3O2S/c1-23(32,15-6-3-2-4-7-15)14-33-30-13-21-17(10-24(26,27)28)16-8-5-9-19(22(16)34-21)31-20-12-29-11-18(20)25/h2-9,13,18,20,29,31-32H,10-12,14H2,1H3/b30-13-/t18-,20+,23?/m0/s1. The van der Waals surface area contributed by atoms with Gasteiger partial charge in [-0.15, -0.1) is 11.3 Å². The number of hydrogen-bond donors (Lipinski definition) is 3. The Hall–Kier alpha value is -2.69. The summed E-state index contributed by atoms with van der Waals surface area (Å²) in [5.41, 5.74) is -0.0225. The summed E-state index contributed by atoms with van der Waals surface area (Å²) in [5, 5.41) is 21.0. The lowest BCUT2D eigenvalue weighted by molar-refractivity contribution is -0.126. The summed E-state index contributed by atoms with van der Waals surface area (Å²) < 4.78 is 54.8. The van der Waals surface area contributed by atoms with Gasteiger partial charge in [0.25, 0.3) is 0 Å². The van der Waals surface area contributed by atoms with Crippen LogP contribution in [0, 0.1) is 0 Å². The van der Waals surface area contributed by atoms with Crippen molar-refractivity contribution in [2.24, 2.45) is 5.16 Å². The Bertz CT molecular complexity index is 1150. The minimum Gasteiger partial charge on any atom is -0.392 e. The number of oxime groups is 1. The fourth-order valence-corrected chi connectivity index (χ4v) is 5.07. The lowest BCUT2D eigenvalue weighted by Crippen LogP contribution is -2.29. The average Bonchev–Trinajstić information content (AvgIpc) is 3.35. The molecule has 1 aliphatic heterocycles. The molecule has 5 nitrogen and oxygen atoms in total. The van der Waals surface area contributed by atoms with E-state index in [1.54, 1.807) is 49.4 Å². The summed E-state index contributed by atoms with van der Waals surface area (Å²) >= 11 is 1.13. The van der Waals surface area contributed by atoms with Gasteiger partial charge in [-0.05, 0) is 29.5 Å². The first-order valence-electron chi connectivity index (χ1n) is 10.8. The zero-order valence-corrected chi connectivity index (χ0v) is 19.2. The first-order chi connectivity index (χ1) is 16.1. The molecule has 0 radical (unpaired) electrons. The summed E-state index contributed by atoms with van der Waals surface area (Å²) in [4.78, 5) is 5.55. The number of nitrogens with one attached hydrogen (secondary N) is 2. The van der Waals surface area contributed by atoms with Crippen LogP contribution in [0.4, 0.5) is 23.2 Å². The van der Waals surface area contributed by atoms with Crippen molar-refractivity contribution >= 4 is 33.3 Å². The molecule has 0 saturated carbocycles. The molecule has 10 heteroatoms. The van der Waals surface area contributed by atoms with Gasteiger partial charge in [0, 0.05) is 13.1 Å². The van der Waals surface area contributed by atoms with Crippen molar-refractivity contribution in [3.8, 4) is 0 Å². The zero-order chi connectivity index (χ0) is 24.3. The SMILES string of the molecule is CC(O)(CO/N=C\c1sc2c(N[C@@H]3CNC[C@@H]3F)cccc2c1CC(F)(F)F)c1ccccc1. The molecule has 2 aromatic carbocycles. The quantitative estimate of drug-likeness (QED) is 0.234. The molecule has 1 saturated heterocycles. The maximum absolute atomic E-state index is 14.1. The number of nitrogens with zero attached hydrogens (tertiary/aromatic N) is 1. The van der Waals surface area contributed by atoms with Crippen LogP contribution in [0.15, 0.2) is 53.7 Å². The zero-order valence-electron chi connectivity index (χ0n) is 18.4. The third kappa shape index (κ3) is 5.68. The number of hydrogen-bond acceptors (Lipinski definition) is 6. The molecule has 0 spiro atoms. The van der Waals surface area contributed by atoms with Crippen molar-refractivity contribution in [2.45, 2.75) is 37.3 Å². The van der Waals surface area contributed by atoms with Crippen LogP contribution in [-0.2, 0) is 16.9 Å². The Kier molecular flexibility index (Phi) is 7.11. The Morgan fingerprint density at radius 1 is 1.18 bits per heavy atom. The van der Waals surface area contributed by atoms with Crippen molar-refractivity contribution in [2.75, 3.05) is 25.0 Å². The molecule has 0 amide bonds. The number of benzene rings is 2. The second-order valence-corrected chi connectivity index (χ2v) is 9.54. The fraction of sp³-hybridized carbons (Fsp3) is 0.375. The van der Waals surface area contributed by atoms with Crippen LogP contribution < -0.4 is 10.6 Å². The van der Waals surface area contributed by atoms with E-state index < -0.39 is 30.4 Å². The number of halogens is 4. The minimum atomic E-state index is -4.42. The van der Waals surface area contributed by atoms with Crippen LogP contribution in [0.1, 0.15) is 22.9 Å². The Labute approximate surface area is 198 Å². The van der Waals surface area contributed by atoms with Gasteiger partial charge in [0.2, 0.25) is 0 Å². The second kappa shape index (κ2) is 9.89. The van der Waals surface area contributed by atoms with Crippen molar-refractivity contribution in [1.29, 1.82) is 0 Å². The van der Waals surface area contributed by atoms with E-state index in [1.165, 1.54) is 6.21 Å². The molecule has 2 heterocycles. The van der Waals surface area contributed by atoms with E-state index in [9.17, 15) is 22.7 Å². The molecule has 1 unspecified atom stereocenters. The van der Waals surface area contributed by atoms with Crippen molar-refractivity contribution in [3.05, 3.63) is 64.5 Å². The van der Waals surface area contributed by atoms with Gasteiger partial charge in [-0.2, -0.15) is 13.2 Å². The number of aliphatic hydroxyl groups is 1. The highest BCUT2D eigenvalue weighted by Crippen LogP contribution is 2.39. The van der Waals surface area contributed by atoms with Crippen LogP contribution in [-0.4, -0.2) is 49.4 Å². The van der Waals surface area contributed by atoms with Crippen LogP contribution in [0.5, 0.6) is 0 Å². The van der Waals surface area contributed by atoms with E-state index in [0.29, 0.717) is 32.8 Å². The number of rotatable bonds is 8. The molecule has 1 aromatic heterocycles. The Balaban J connectivity index is 1.59. The van der Waals surface area contributed by atoms with Gasteiger partial charge in [-0.1, -0.05) is 47.6 Å². The van der Waals surface area contributed by atoms with Crippen LogP contribution in [0.3, 0.4) is 0 Å². The largest absolute Gasteiger partial charge is 0.393 e. The van der Waals surface area contributed by atoms with Crippen LogP contribution in [0.2, 0.25) is 0 Å². The molecule has 1 aliphatic rings. The van der Waals surface area contributed by atoms with E-state index in [-0.39, 0.29) is 18.7 Å². The molecule has 182 valence electrons. The van der Waals surface area contributed by atoms with Crippen LogP contribution in [0.25, 0.3) is 10.1 Å². The van der Waals surface area contributed by atoms with E-state index in [2.05, 4.69) is 15.8 Å². The van der Waals surface area contributed by atoms with E-state index in [1.807, 2.05) is 6.07 Å². The van der Waals surface area contributed by atoms with Crippen molar-refractivity contribution < 1.29 is 27.5 Å². The fourth-order valence-electron chi connectivity index (χ4n) is 3.91. The molecular formula is C24H25F4N3O2S. The predicted molar refractivity (Wildman–Crippen MR) is 126 cm³/mol. The lowest BCUT2D eigenvalue weighted by Gasteiger charge is -2.21. The van der Waals surface area contributed by atoms with Gasteiger partial charge >= 0.3 is 6.18 Å². The Morgan fingerprint density at radius 3 is 2.62 bits per heavy atom. The maximum atomic E-state index is 14.1. The molecule has 0 bridgehead atoms. The summed E-state index contributed by atoms with van der Waals surface area (Å²) in [7, 11) is 0. The molecule has 4 rings (SSSR count). The summed E-state index contributed by atoms with van der Waals surface area (Å²) in [6, 6.07) is 13.4. The Morgan fingerprint density at radius 2 is 1.94 bits per heavy atom. The van der Waals surface area contributed by atoms with E-state index in [4.69, 9.17) is 4.84 Å². The monoisotopic (exact) mass is 495 g/mol. The summed E-state index contributed by atoms with van der Waals surface area (Å²) in [5.74, 6) is 0. The normalized spacial score (nSPS) is 20.6. The first-order valence-corrected chi connectivity index (χ1v) is 11.6. The molecule has 1 fully saturated rings. The number of alkyl halides is 4.